The SMILES string of the molecule is CCCn1c(C)cc(C(=O)CN2C(=O)NC3(CCCCCC3)C2=O)c1C. The van der Waals surface area contributed by atoms with Crippen molar-refractivity contribution in [3.8, 4) is 0 Å². The number of carbonyl (C=O) groups excluding carboxylic acids is 3. The van der Waals surface area contributed by atoms with Crippen molar-refractivity contribution in [2.75, 3.05) is 6.54 Å². The summed E-state index contributed by atoms with van der Waals surface area (Å²) in [5.74, 6) is -0.394. The normalized spacial score (nSPS) is 19.7. The molecular formula is C20H29N3O3. The highest BCUT2D eigenvalue weighted by Gasteiger charge is 2.51. The lowest BCUT2D eigenvalue weighted by Gasteiger charge is -2.24. The molecule has 1 saturated heterocycles. The molecule has 1 N–H and O–H groups in total. The van der Waals surface area contributed by atoms with Crippen LogP contribution in [0, 0.1) is 13.8 Å². The maximum absolute atomic E-state index is 13.0. The molecule has 0 unspecified atom stereocenters. The fourth-order valence-electron chi connectivity index (χ4n) is 4.37. The third-order valence-corrected chi connectivity index (χ3v) is 5.83. The number of ketones is 1. The second kappa shape index (κ2) is 7.25. The van der Waals surface area contributed by atoms with E-state index < -0.39 is 11.6 Å². The van der Waals surface area contributed by atoms with Gasteiger partial charge in [-0.05, 0) is 39.2 Å². The Hall–Kier alpha value is -2.11. The molecule has 6 heteroatoms. The van der Waals surface area contributed by atoms with Gasteiger partial charge in [-0.2, -0.15) is 0 Å². The van der Waals surface area contributed by atoms with Gasteiger partial charge in [-0.1, -0.05) is 32.6 Å². The molecule has 1 aromatic rings. The smallest absolute Gasteiger partial charge is 0.325 e. The zero-order valence-electron chi connectivity index (χ0n) is 16.1. The number of hydrogen-bond acceptors (Lipinski definition) is 3. The van der Waals surface area contributed by atoms with Crippen LogP contribution in [0.4, 0.5) is 4.79 Å². The summed E-state index contributed by atoms with van der Waals surface area (Å²) in [7, 11) is 0. The number of imide groups is 1. The van der Waals surface area contributed by atoms with Gasteiger partial charge in [0.15, 0.2) is 5.78 Å². The third-order valence-electron chi connectivity index (χ3n) is 5.83. The van der Waals surface area contributed by atoms with Gasteiger partial charge in [-0.15, -0.1) is 0 Å². The zero-order valence-corrected chi connectivity index (χ0v) is 16.1. The molecule has 1 aromatic heterocycles. The summed E-state index contributed by atoms with van der Waals surface area (Å²) in [5, 5.41) is 2.90. The highest BCUT2D eigenvalue weighted by atomic mass is 16.2. The van der Waals surface area contributed by atoms with Gasteiger partial charge in [0.25, 0.3) is 5.91 Å². The maximum Gasteiger partial charge on any atom is 0.325 e. The van der Waals surface area contributed by atoms with E-state index in [1.165, 1.54) is 0 Å². The predicted molar refractivity (Wildman–Crippen MR) is 99.2 cm³/mol. The highest BCUT2D eigenvalue weighted by Crippen LogP contribution is 2.33. The number of urea groups is 1. The number of nitrogens with zero attached hydrogens (tertiary/aromatic N) is 2. The Morgan fingerprint density at radius 2 is 1.81 bits per heavy atom. The molecule has 6 nitrogen and oxygen atoms in total. The number of aromatic nitrogens is 1. The largest absolute Gasteiger partial charge is 0.348 e. The molecule has 1 saturated carbocycles. The standard InChI is InChI=1S/C20H29N3O3/c1-4-11-22-14(2)12-16(15(22)3)17(24)13-23-18(25)20(21-19(23)26)9-7-5-6-8-10-20/h12H,4-11,13H2,1-3H3,(H,21,26). The van der Waals surface area contributed by atoms with Gasteiger partial charge < -0.3 is 9.88 Å². The molecule has 142 valence electrons. The van der Waals surface area contributed by atoms with Gasteiger partial charge in [0.2, 0.25) is 0 Å². The second-order valence-electron chi connectivity index (χ2n) is 7.68. The number of nitrogens with one attached hydrogen (secondary N) is 1. The first-order valence-corrected chi connectivity index (χ1v) is 9.73. The number of rotatable bonds is 5. The lowest BCUT2D eigenvalue weighted by atomic mass is 9.90. The summed E-state index contributed by atoms with van der Waals surface area (Å²) in [5.41, 5.74) is 1.77. The van der Waals surface area contributed by atoms with Crippen molar-refractivity contribution < 1.29 is 14.4 Å². The zero-order chi connectivity index (χ0) is 18.9. The van der Waals surface area contributed by atoms with Crippen LogP contribution in [-0.2, 0) is 11.3 Å². The summed E-state index contributed by atoms with van der Waals surface area (Å²) in [6, 6.07) is 1.44. The van der Waals surface area contributed by atoms with Crippen molar-refractivity contribution in [2.45, 2.75) is 77.8 Å². The Morgan fingerprint density at radius 3 is 2.42 bits per heavy atom. The summed E-state index contributed by atoms with van der Waals surface area (Å²) >= 11 is 0. The Balaban J connectivity index is 1.78. The lowest BCUT2D eigenvalue weighted by molar-refractivity contribution is -0.131. The minimum atomic E-state index is -0.785. The summed E-state index contributed by atoms with van der Waals surface area (Å²) in [4.78, 5) is 39.3. The van der Waals surface area contributed by atoms with E-state index in [2.05, 4.69) is 16.8 Å². The van der Waals surface area contributed by atoms with E-state index in [1.807, 2.05) is 19.9 Å². The number of Topliss-reactive ketones (excluding diaryl/α,β-unsaturated/α-hetero) is 1. The van der Waals surface area contributed by atoms with Gasteiger partial charge in [0.1, 0.15) is 5.54 Å². The molecule has 2 fully saturated rings. The Morgan fingerprint density at radius 1 is 1.15 bits per heavy atom. The molecule has 3 amide bonds. The molecule has 3 rings (SSSR count). The van der Waals surface area contributed by atoms with E-state index >= 15 is 0 Å². The van der Waals surface area contributed by atoms with Crippen molar-refractivity contribution in [2.24, 2.45) is 0 Å². The molecule has 0 radical (unpaired) electrons. The number of amides is 3. The van der Waals surface area contributed by atoms with Crippen LogP contribution in [0.2, 0.25) is 0 Å². The fourth-order valence-corrected chi connectivity index (χ4v) is 4.37. The van der Waals surface area contributed by atoms with Crippen LogP contribution >= 0.6 is 0 Å². The Kier molecular flexibility index (Phi) is 5.21. The van der Waals surface area contributed by atoms with Gasteiger partial charge in [-0.25, -0.2) is 4.79 Å². The Bertz CT molecular complexity index is 727. The average Bonchev–Trinajstić information content (AvgIpc) is 2.90. The van der Waals surface area contributed by atoms with Gasteiger partial charge in [-0.3, -0.25) is 14.5 Å². The monoisotopic (exact) mass is 359 g/mol. The van der Waals surface area contributed by atoms with Crippen molar-refractivity contribution >= 4 is 17.7 Å². The van der Waals surface area contributed by atoms with E-state index in [1.54, 1.807) is 0 Å². The molecule has 0 aromatic carbocycles. The van der Waals surface area contributed by atoms with Crippen LogP contribution in [0.1, 0.15) is 73.6 Å². The first-order valence-electron chi connectivity index (χ1n) is 9.73. The summed E-state index contributed by atoms with van der Waals surface area (Å²) in [6.07, 6.45) is 6.39. The molecule has 1 spiro atoms. The summed E-state index contributed by atoms with van der Waals surface area (Å²) in [6.45, 7) is 6.68. The Labute approximate surface area is 154 Å². The molecule has 2 aliphatic rings. The van der Waals surface area contributed by atoms with E-state index in [-0.39, 0.29) is 18.2 Å². The van der Waals surface area contributed by atoms with Gasteiger partial charge >= 0.3 is 6.03 Å². The van der Waals surface area contributed by atoms with Crippen molar-refractivity contribution in [3.63, 3.8) is 0 Å². The quantitative estimate of drug-likeness (QED) is 0.647. The van der Waals surface area contributed by atoms with Crippen LogP contribution in [0.5, 0.6) is 0 Å². The number of aryl methyl sites for hydroxylation is 1. The van der Waals surface area contributed by atoms with Crippen LogP contribution in [0.25, 0.3) is 0 Å². The predicted octanol–water partition coefficient (Wildman–Crippen LogP) is 3.34. The van der Waals surface area contributed by atoms with Crippen LogP contribution in [0.15, 0.2) is 6.07 Å². The van der Waals surface area contributed by atoms with Crippen LogP contribution < -0.4 is 5.32 Å². The van der Waals surface area contributed by atoms with Gasteiger partial charge in [0.05, 0.1) is 6.54 Å². The molecule has 0 atom stereocenters. The van der Waals surface area contributed by atoms with E-state index in [4.69, 9.17) is 0 Å². The van der Waals surface area contributed by atoms with Crippen molar-refractivity contribution in [1.82, 2.24) is 14.8 Å². The minimum absolute atomic E-state index is 0.172. The van der Waals surface area contributed by atoms with E-state index in [0.717, 1.165) is 54.9 Å². The molecular weight excluding hydrogens is 330 g/mol. The summed E-state index contributed by atoms with van der Waals surface area (Å²) < 4.78 is 2.12. The maximum atomic E-state index is 13.0. The number of hydrogen-bond donors (Lipinski definition) is 1. The van der Waals surface area contributed by atoms with Crippen LogP contribution in [-0.4, -0.2) is 39.3 Å². The molecule has 26 heavy (non-hydrogen) atoms. The molecule has 1 aliphatic carbocycles. The molecule has 2 heterocycles. The van der Waals surface area contributed by atoms with Gasteiger partial charge in [0, 0.05) is 23.5 Å². The molecule has 0 bridgehead atoms. The first kappa shape index (κ1) is 18.7. The molecule has 1 aliphatic heterocycles. The topological polar surface area (TPSA) is 71.4 Å². The average molecular weight is 359 g/mol. The minimum Gasteiger partial charge on any atom is -0.348 e. The second-order valence-corrected chi connectivity index (χ2v) is 7.68. The highest BCUT2D eigenvalue weighted by molar-refractivity contribution is 6.11. The van der Waals surface area contributed by atoms with E-state index in [9.17, 15) is 14.4 Å². The van der Waals surface area contributed by atoms with E-state index in [0.29, 0.717) is 18.4 Å². The lowest BCUT2D eigenvalue weighted by Crippen LogP contribution is -2.46. The number of carbonyl (C=O) groups is 3. The van der Waals surface area contributed by atoms with Crippen molar-refractivity contribution in [1.29, 1.82) is 0 Å². The van der Waals surface area contributed by atoms with Crippen molar-refractivity contribution in [3.05, 3.63) is 23.0 Å². The fraction of sp³-hybridized carbons (Fsp3) is 0.650. The first-order chi connectivity index (χ1) is 12.4. The third kappa shape index (κ3) is 3.17. The van der Waals surface area contributed by atoms with Crippen LogP contribution in [0.3, 0.4) is 0 Å².